The quantitative estimate of drug-likeness (QED) is 0.604. The number of allylic oxidation sites excluding steroid dienone is 1. The minimum atomic E-state index is 0.636. The normalized spacial score (nSPS) is 14.6. The summed E-state index contributed by atoms with van der Waals surface area (Å²) in [4.78, 5) is 2.25. The van der Waals surface area contributed by atoms with Crippen LogP contribution in [0, 0.1) is 5.92 Å². The molecule has 0 spiro atoms. The lowest BCUT2D eigenvalue weighted by molar-refractivity contribution is 0.316. The Balaban J connectivity index is 3.48. The largest absolute Gasteiger partial charge is 0.329 e. The lowest BCUT2D eigenvalue weighted by Crippen LogP contribution is -2.29. The molecule has 0 bridgehead atoms. The van der Waals surface area contributed by atoms with Crippen molar-refractivity contribution in [1.82, 2.24) is 4.90 Å². The first-order valence-electron chi connectivity index (χ1n) is 4.22. The van der Waals surface area contributed by atoms with E-state index in [1.54, 1.807) is 0 Å². The standard InChI is InChI=1S/C9H20N2/c1-4-5-9(2)8-11(3)7-6-10/h4-5,9H,6-8,10H2,1-3H3. The number of rotatable bonds is 5. The topological polar surface area (TPSA) is 29.3 Å². The van der Waals surface area contributed by atoms with Crippen molar-refractivity contribution in [2.45, 2.75) is 13.8 Å². The molecule has 1 atom stereocenters. The highest BCUT2D eigenvalue weighted by atomic mass is 15.1. The zero-order valence-corrected chi connectivity index (χ0v) is 7.88. The monoisotopic (exact) mass is 156 g/mol. The smallest absolute Gasteiger partial charge is 0.0102 e. The van der Waals surface area contributed by atoms with Crippen molar-refractivity contribution in [3.05, 3.63) is 12.2 Å². The maximum Gasteiger partial charge on any atom is 0.0102 e. The van der Waals surface area contributed by atoms with Gasteiger partial charge in [-0.3, -0.25) is 0 Å². The van der Waals surface area contributed by atoms with Gasteiger partial charge in [-0.15, -0.1) is 0 Å². The Morgan fingerprint density at radius 1 is 1.55 bits per heavy atom. The number of likely N-dealkylation sites (N-methyl/N-ethyl adjacent to an activating group) is 1. The zero-order chi connectivity index (χ0) is 8.69. The third-order valence-corrected chi connectivity index (χ3v) is 1.63. The zero-order valence-electron chi connectivity index (χ0n) is 7.88. The van der Waals surface area contributed by atoms with Crippen LogP contribution in [0.25, 0.3) is 0 Å². The molecule has 0 fully saturated rings. The van der Waals surface area contributed by atoms with E-state index in [0.717, 1.165) is 19.6 Å². The molecule has 11 heavy (non-hydrogen) atoms. The Kier molecular flexibility index (Phi) is 6.18. The molecule has 2 nitrogen and oxygen atoms in total. The summed E-state index contributed by atoms with van der Waals surface area (Å²) < 4.78 is 0. The first kappa shape index (κ1) is 10.7. The van der Waals surface area contributed by atoms with Crippen LogP contribution >= 0.6 is 0 Å². The summed E-state index contributed by atoms with van der Waals surface area (Å²) in [6, 6.07) is 0. The lowest BCUT2D eigenvalue weighted by Gasteiger charge is -2.17. The van der Waals surface area contributed by atoms with Crippen molar-refractivity contribution in [3.8, 4) is 0 Å². The molecule has 0 rings (SSSR count). The molecule has 2 heteroatoms. The molecule has 0 aromatic carbocycles. The van der Waals surface area contributed by atoms with Crippen LogP contribution in [0.15, 0.2) is 12.2 Å². The van der Waals surface area contributed by atoms with Gasteiger partial charge >= 0.3 is 0 Å². The minimum absolute atomic E-state index is 0.636. The van der Waals surface area contributed by atoms with Crippen molar-refractivity contribution < 1.29 is 0 Å². The predicted molar refractivity (Wildman–Crippen MR) is 50.5 cm³/mol. The molecule has 0 aromatic rings. The van der Waals surface area contributed by atoms with E-state index in [-0.39, 0.29) is 0 Å². The molecule has 0 radical (unpaired) electrons. The Hall–Kier alpha value is -0.340. The van der Waals surface area contributed by atoms with Gasteiger partial charge in [0.1, 0.15) is 0 Å². The molecule has 0 amide bonds. The Morgan fingerprint density at radius 3 is 2.64 bits per heavy atom. The second kappa shape index (κ2) is 6.38. The van der Waals surface area contributed by atoms with Gasteiger partial charge < -0.3 is 10.6 Å². The predicted octanol–water partition coefficient (Wildman–Crippen LogP) is 1.09. The Labute approximate surface area is 70.1 Å². The summed E-state index contributed by atoms with van der Waals surface area (Å²) in [7, 11) is 2.10. The van der Waals surface area contributed by atoms with E-state index in [2.05, 4.69) is 37.9 Å². The van der Waals surface area contributed by atoms with Crippen molar-refractivity contribution >= 4 is 0 Å². The van der Waals surface area contributed by atoms with Crippen LogP contribution < -0.4 is 5.73 Å². The summed E-state index contributed by atoms with van der Waals surface area (Å²) >= 11 is 0. The summed E-state index contributed by atoms with van der Waals surface area (Å²) in [6.07, 6.45) is 4.31. The highest BCUT2D eigenvalue weighted by Crippen LogP contribution is 1.98. The fourth-order valence-electron chi connectivity index (χ4n) is 1.19. The average Bonchev–Trinajstić information content (AvgIpc) is 1.87. The van der Waals surface area contributed by atoms with Gasteiger partial charge in [0, 0.05) is 19.6 Å². The first-order chi connectivity index (χ1) is 5.20. The molecule has 66 valence electrons. The van der Waals surface area contributed by atoms with Gasteiger partial charge in [0.25, 0.3) is 0 Å². The maximum atomic E-state index is 5.42. The lowest BCUT2D eigenvalue weighted by atomic mass is 10.1. The highest BCUT2D eigenvalue weighted by Gasteiger charge is 2.00. The second-order valence-electron chi connectivity index (χ2n) is 3.05. The Bertz CT molecular complexity index is 110. The van der Waals surface area contributed by atoms with Crippen LogP contribution in [0.2, 0.25) is 0 Å². The molecule has 0 heterocycles. The maximum absolute atomic E-state index is 5.42. The molecule has 0 aliphatic rings. The van der Waals surface area contributed by atoms with E-state index in [9.17, 15) is 0 Å². The summed E-state index contributed by atoms with van der Waals surface area (Å²) in [5.74, 6) is 0.636. The van der Waals surface area contributed by atoms with Gasteiger partial charge in [0.05, 0.1) is 0 Å². The fraction of sp³-hybridized carbons (Fsp3) is 0.778. The third kappa shape index (κ3) is 6.07. The molecule has 0 saturated carbocycles. The van der Waals surface area contributed by atoms with E-state index in [4.69, 9.17) is 5.73 Å². The Morgan fingerprint density at radius 2 is 2.18 bits per heavy atom. The van der Waals surface area contributed by atoms with E-state index < -0.39 is 0 Å². The average molecular weight is 156 g/mol. The van der Waals surface area contributed by atoms with Crippen molar-refractivity contribution in [1.29, 1.82) is 0 Å². The van der Waals surface area contributed by atoms with E-state index in [0.29, 0.717) is 5.92 Å². The molecule has 1 unspecified atom stereocenters. The SMILES string of the molecule is CC=CC(C)CN(C)CCN. The summed E-state index contributed by atoms with van der Waals surface area (Å²) in [5, 5.41) is 0. The van der Waals surface area contributed by atoms with Gasteiger partial charge in [0.15, 0.2) is 0 Å². The van der Waals surface area contributed by atoms with Crippen LogP contribution in [0.4, 0.5) is 0 Å². The number of nitrogens with zero attached hydrogens (tertiary/aromatic N) is 1. The van der Waals surface area contributed by atoms with Crippen LogP contribution in [0.1, 0.15) is 13.8 Å². The van der Waals surface area contributed by atoms with Crippen LogP contribution in [-0.4, -0.2) is 31.6 Å². The molecule has 0 saturated heterocycles. The van der Waals surface area contributed by atoms with Crippen molar-refractivity contribution in [3.63, 3.8) is 0 Å². The van der Waals surface area contributed by atoms with Gasteiger partial charge in [-0.1, -0.05) is 19.1 Å². The number of hydrogen-bond acceptors (Lipinski definition) is 2. The van der Waals surface area contributed by atoms with Gasteiger partial charge in [-0.05, 0) is 19.9 Å². The third-order valence-electron chi connectivity index (χ3n) is 1.63. The van der Waals surface area contributed by atoms with E-state index in [1.165, 1.54) is 0 Å². The van der Waals surface area contributed by atoms with Gasteiger partial charge in [-0.2, -0.15) is 0 Å². The highest BCUT2D eigenvalue weighted by molar-refractivity contribution is 4.84. The summed E-state index contributed by atoms with van der Waals surface area (Å²) in [6.45, 7) is 7.11. The molecule has 0 aliphatic carbocycles. The van der Waals surface area contributed by atoms with E-state index >= 15 is 0 Å². The molecule has 0 aliphatic heterocycles. The fourth-order valence-corrected chi connectivity index (χ4v) is 1.19. The number of hydrogen-bond donors (Lipinski definition) is 1. The summed E-state index contributed by atoms with van der Waals surface area (Å²) in [5.41, 5.74) is 5.42. The van der Waals surface area contributed by atoms with Crippen molar-refractivity contribution in [2.24, 2.45) is 11.7 Å². The molecular weight excluding hydrogens is 136 g/mol. The second-order valence-corrected chi connectivity index (χ2v) is 3.05. The van der Waals surface area contributed by atoms with Crippen molar-refractivity contribution in [2.75, 3.05) is 26.7 Å². The number of nitrogens with two attached hydrogens (primary N) is 1. The van der Waals surface area contributed by atoms with Crippen LogP contribution in [-0.2, 0) is 0 Å². The van der Waals surface area contributed by atoms with Crippen LogP contribution in [0.5, 0.6) is 0 Å². The molecule has 2 N–H and O–H groups in total. The first-order valence-corrected chi connectivity index (χ1v) is 4.22. The van der Waals surface area contributed by atoms with Crippen LogP contribution in [0.3, 0.4) is 0 Å². The van der Waals surface area contributed by atoms with Gasteiger partial charge in [-0.25, -0.2) is 0 Å². The van der Waals surface area contributed by atoms with E-state index in [1.807, 2.05) is 0 Å². The minimum Gasteiger partial charge on any atom is -0.329 e. The molecule has 0 aromatic heterocycles. The van der Waals surface area contributed by atoms with Gasteiger partial charge in [0.2, 0.25) is 0 Å². The molecular formula is C9H20N2.